The summed E-state index contributed by atoms with van der Waals surface area (Å²) in [5.41, 5.74) is 5.79. The minimum atomic E-state index is -0.483. The van der Waals surface area contributed by atoms with Gasteiger partial charge in [-0.1, -0.05) is 13.0 Å². The van der Waals surface area contributed by atoms with Crippen molar-refractivity contribution in [3.63, 3.8) is 0 Å². The third-order valence-electron chi connectivity index (χ3n) is 2.68. The molecule has 2 unspecified atom stereocenters. The fraction of sp³-hybridized carbons (Fsp3) is 0.750. The monoisotopic (exact) mass is 228 g/mol. The quantitative estimate of drug-likeness (QED) is 0.634. The number of nitrogens with zero attached hydrogens (tertiary/aromatic N) is 1. The Labute approximate surface area is 98.4 Å². The molecule has 0 heterocycles. The standard InChI is InChI=1S/C12H24N2O2/c1-5-7-11(13)12(15)14(8-9-16-4)10(3)6-2/h5,10-11H,1,6-9,13H2,2-4H3. The van der Waals surface area contributed by atoms with Gasteiger partial charge in [0.05, 0.1) is 12.6 Å². The molecule has 0 aromatic carbocycles. The molecule has 0 aliphatic rings. The van der Waals surface area contributed by atoms with Crippen LogP contribution >= 0.6 is 0 Å². The molecule has 0 aromatic heterocycles. The Morgan fingerprint density at radius 1 is 1.62 bits per heavy atom. The maximum absolute atomic E-state index is 12.0. The molecule has 0 radical (unpaired) electrons. The first-order valence-corrected chi connectivity index (χ1v) is 5.74. The van der Waals surface area contributed by atoms with Crippen LogP contribution in [0.1, 0.15) is 26.7 Å². The van der Waals surface area contributed by atoms with E-state index in [1.54, 1.807) is 18.1 Å². The van der Waals surface area contributed by atoms with Crippen molar-refractivity contribution >= 4 is 5.91 Å². The van der Waals surface area contributed by atoms with E-state index < -0.39 is 6.04 Å². The number of carbonyl (C=O) groups is 1. The van der Waals surface area contributed by atoms with Crippen LogP contribution in [0.4, 0.5) is 0 Å². The summed E-state index contributed by atoms with van der Waals surface area (Å²) in [4.78, 5) is 13.8. The van der Waals surface area contributed by atoms with Crippen molar-refractivity contribution < 1.29 is 9.53 Å². The number of ether oxygens (including phenoxy) is 1. The number of hydrogen-bond donors (Lipinski definition) is 1. The Bertz CT molecular complexity index is 219. The first-order chi connectivity index (χ1) is 7.58. The molecular weight excluding hydrogens is 204 g/mol. The third kappa shape index (κ3) is 4.77. The number of hydrogen-bond acceptors (Lipinski definition) is 3. The maximum Gasteiger partial charge on any atom is 0.240 e. The Kier molecular flexibility index (Phi) is 7.85. The summed E-state index contributed by atoms with van der Waals surface area (Å²) >= 11 is 0. The van der Waals surface area contributed by atoms with Crippen LogP contribution in [-0.2, 0) is 9.53 Å². The molecule has 0 aliphatic carbocycles. The molecular formula is C12H24N2O2. The van der Waals surface area contributed by atoms with Crippen LogP contribution < -0.4 is 5.73 Å². The molecule has 0 saturated carbocycles. The van der Waals surface area contributed by atoms with E-state index in [0.29, 0.717) is 19.6 Å². The highest BCUT2D eigenvalue weighted by Crippen LogP contribution is 2.07. The van der Waals surface area contributed by atoms with Gasteiger partial charge in [-0.2, -0.15) is 0 Å². The van der Waals surface area contributed by atoms with Crippen molar-refractivity contribution in [1.29, 1.82) is 0 Å². The molecule has 0 spiro atoms. The topological polar surface area (TPSA) is 55.6 Å². The molecule has 16 heavy (non-hydrogen) atoms. The molecule has 4 nitrogen and oxygen atoms in total. The summed E-state index contributed by atoms with van der Waals surface area (Å²) in [6, 6.07) is -0.290. The smallest absolute Gasteiger partial charge is 0.240 e. The van der Waals surface area contributed by atoms with Crippen LogP contribution in [0.5, 0.6) is 0 Å². The Hall–Kier alpha value is -0.870. The number of amides is 1. The molecule has 0 rings (SSSR count). The van der Waals surface area contributed by atoms with E-state index in [-0.39, 0.29) is 11.9 Å². The molecule has 0 aromatic rings. The van der Waals surface area contributed by atoms with Crippen molar-refractivity contribution in [1.82, 2.24) is 4.90 Å². The molecule has 0 saturated heterocycles. The Morgan fingerprint density at radius 2 is 2.25 bits per heavy atom. The van der Waals surface area contributed by atoms with Crippen molar-refractivity contribution in [3.05, 3.63) is 12.7 Å². The first kappa shape index (κ1) is 15.1. The molecule has 2 atom stereocenters. The van der Waals surface area contributed by atoms with E-state index in [1.165, 1.54) is 0 Å². The predicted octanol–water partition coefficient (Wildman–Crippen LogP) is 1.16. The van der Waals surface area contributed by atoms with E-state index in [0.717, 1.165) is 6.42 Å². The van der Waals surface area contributed by atoms with Crippen molar-refractivity contribution in [2.24, 2.45) is 5.73 Å². The molecule has 0 fully saturated rings. The fourth-order valence-electron chi connectivity index (χ4n) is 1.45. The predicted molar refractivity (Wildman–Crippen MR) is 66.1 cm³/mol. The molecule has 0 aliphatic heterocycles. The summed E-state index contributed by atoms with van der Waals surface area (Å²) in [6.45, 7) is 8.80. The minimum absolute atomic E-state index is 0.0219. The van der Waals surface area contributed by atoms with E-state index >= 15 is 0 Å². The van der Waals surface area contributed by atoms with Gasteiger partial charge in [0.15, 0.2) is 0 Å². The van der Waals surface area contributed by atoms with E-state index in [9.17, 15) is 4.79 Å². The number of nitrogens with two attached hydrogens (primary N) is 1. The zero-order chi connectivity index (χ0) is 12.6. The summed E-state index contributed by atoms with van der Waals surface area (Å²) < 4.78 is 5.00. The van der Waals surface area contributed by atoms with Crippen LogP contribution in [0.25, 0.3) is 0 Å². The van der Waals surface area contributed by atoms with Gasteiger partial charge in [0.1, 0.15) is 0 Å². The lowest BCUT2D eigenvalue weighted by atomic mass is 10.1. The van der Waals surface area contributed by atoms with Crippen LogP contribution in [0.2, 0.25) is 0 Å². The summed E-state index contributed by atoms with van der Waals surface area (Å²) in [5.74, 6) is -0.0219. The van der Waals surface area contributed by atoms with Crippen LogP contribution in [0.3, 0.4) is 0 Å². The second kappa shape index (κ2) is 8.30. The van der Waals surface area contributed by atoms with Gasteiger partial charge in [-0.05, 0) is 19.8 Å². The summed E-state index contributed by atoms with van der Waals surface area (Å²) in [7, 11) is 1.63. The van der Waals surface area contributed by atoms with E-state index in [2.05, 4.69) is 13.5 Å². The SMILES string of the molecule is C=CCC(N)C(=O)N(CCOC)C(C)CC. The average molecular weight is 228 g/mol. The second-order valence-corrected chi connectivity index (χ2v) is 3.91. The second-order valence-electron chi connectivity index (χ2n) is 3.91. The number of carbonyl (C=O) groups excluding carboxylic acids is 1. The van der Waals surface area contributed by atoms with Crippen LogP contribution in [-0.4, -0.2) is 43.2 Å². The average Bonchev–Trinajstić information content (AvgIpc) is 2.29. The van der Waals surface area contributed by atoms with Gasteiger partial charge in [-0.15, -0.1) is 6.58 Å². The molecule has 1 amide bonds. The normalized spacial score (nSPS) is 14.2. The minimum Gasteiger partial charge on any atom is -0.383 e. The van der Waals surface area contributed by atoms with Crippen molar-refractivity contribution in [3.8, 4) is 0 Å². The molecule has 4 heteroatoms. The lowest BCUT2D eigenvalue weighted by Gasteiger charge is -2.30. The van der Waals surface area contributed by atoms with E-state index in [1.807, 2.05) is 6.92 Å². The van der Waals surface area contributed by atoms with Gasteiger partial charge in [-0.3, -0.25) is 4.79 Å². The summed E-state index contributed by atoms with van der Waals surface area (Å²) in [5, 5.41) is 0. The van der Waals surface area contributed by atoms with Crippen molar-refractivity contribution in [2.75, 3.05) is 20.3 Å². The van der Waals surface area contributed by atoms with Gasteiger partial charge < -0.3 is 15.4 Å². The van der Waals surface area contributed by atoms with Gasteiger partial charge in [0.25, 0.3) is 0 Å². The van der Waals surface area contributed by atoms with Gasteiger partial charge in [0.2, 0.25) is 5.91 Å². The third-order valence-corrected chi connectivity index (χ3v) is 2.68. The molecule has 94 valence electrons. The Morgan fingerprint density at radius 3 is 2.69 bits per heavy atom. The maximum atomic E-state index is 12.0. The highest BCUT2D eigenvalue weighted by atomic mass is 16.5. The van der Waals surface area contributed by atoms with Gasteiger partial charge in [-0.25, -0.2) is 0 Å². The van der Waals surface area contributed by atoms with Gasteiger partial charge in [0, 0.05) is 19.7 Å². The first-order valence-electron chi connectivity index (χ1n) is 5.74. The van der Waals surface area contributed by atoms with Crippen molar-refractivity contribution in [2.45, 2.75) is 38.8 Å². The number of methoxy groups -OCH3 is 1. The highest BCUT2D eigenvalue weighted by molar-refractivity contribution is 5.82. The Balaban J connectivity index is 4.47. The molecule has 0 bridgehead atoms. The van der Waals surface area contributed by atoms with Gasteiger partial charge >= 0.3 is 0 Å². The number of rotatable bonds is 8. The highest BCUT2D eigenvalue weighted by Gasteiger charge is 2.23. The fourth-order valence-corrected chi connectivity index (χ4v) is 1.45. The van der Waals surface area contributed by atoms with Crippen LogP contribution in [0.15, 0.2) is 12.7 Å². The van der Waals surface area contributed by atoms with E-state index in [4.69, 9.17) is 10.5 Å². The largest absolute Gasteiger partial charge is 0.383 e. The summed E-state index contributed by atoms with van der Waals surface area (Å²) in [6.07, 6.45) is 3.10. The van der Waals surface area contributed by atoms with Crippen LogP contribution in [0, 0.1) is 0 Å². The lowest BCUT2D eigenvalue weighted by molar-refractivity contribution is -0.135. The zero-order valence-corrected chi connectivity index (χ0v) is 10.6. The lowest BCUT2D eigenvalue weighted by Crippen LogP contribution is -2.48. The zero-order valence-electron chi connectivity index (χ0n) is 10.6. The molecule has 2 N–H and O–H groups in total.